The van der Waals surface area contributed by atoms with Crippen molar-refractivity contribution in [3.63, 3.8) is 0 Å². The Labute approximate surface area is 205 Å². The Kier molecular flexibility index (Phi) is 10.7. The molecule has 0 bridgehead atoms. The number of anilines is 2. The van der Waals surface area contributed by atoms with Gasteiger partial charge in [-0.2, -0.15) is 5.10 Å². The Morgan fingerprint density at radius 3 is 2.44 bits per heavy atom. The molecule has 1 aliphatic carbocycles. The van der Waals surface area contributed by atoms with E-state index in [0.717, 1.165) is 44.2 Å². The van der Waals surface area contributed by atoms with Gasteiger partial charge in [0.1, 0.15) is 0 Å². The molecule has 0 radical (unpaired) electrons. The minimum Gasteiger partial charge on any atom is -0.229 e. The summed E-state index contributed by atoms with van der Waals surface area (Å²) in [4.78, 5) is 8.91. The fourth-order valence-corrected chi connectivity index (χ4v) is 4.77. The highest BCUT2D eigenvalue weighted by molar-refractivity contribution is 7.88. The average molecular weight is 484 g/mol. The summed E-state index contributed by atoms with van der Waals surface area (Å²) < 4.78 is 25.0. The minimum atomic E-state index is -3.16. The van der Waals surface area contributed by atoms with Crippen LogP contribution in [0, 0.1) is 17.8 Å². The monoisotopic (exact) mass is 483 g/mol. The molecule has 1 saturated carbocycles. The highest BCUT2D eigenvalue weighted by Crippen LogP contribution is 2.29. The van der Waals surface area contributed by atoms with Gasteiger partial charge in [0.05, 0.1) is 11.9 Å². The zero-order valence-corrected chi connectivity index (χ0v) is 21.8. The van der Waals surface area contributed by atoms with E-state index in [1.807, 2.05) is 32.0 Å². The van der Waals surface area contributed by atoms with Gasteiger partial charge in [0.2, 0.25) is 15.8 Å². The van der Waals surface area contributed by atoms with Crippen LogP contribution in [0.1, 0.15) is 64.3 Å². The molecule has 0 amide bonds. The molecular formula is C26H37N5O2S. The van der Waals surface area contributed by atoms with Crippen LogP contribution >= 0.6 is 0 Å². The van der Waals surface area contributed by atoms with E-state index < -0.39 is 10.0 Å². The number of aryl methyl sites for hydroxylation is 1. The number of hydrazone groups is 1. The van der Waals surface area contributed by atoms with Gasteiger partial charge in [0, 0.05) is 38.0 Å². The highest BCUT2D eigenvalue weighted by Gasteiger charge is 2.27. The third kappa shape index (κ3) is 7.37. The van der Waals surface area contributed by atoms with Crippen LogP contribution in [0.4, 0.5) is 11.5 Å². The summed E-state index contributed by atoms with van der Waals surface area (Å²) in [6.45, 7) is 9.88. The lowest BCUT2D eigenvalue weighted by Crippen LogP contribution is -2.38. The lowest BCUT2D eigenvalue weighted by atomic mass is 9.86. The van der Waals surface area contributed by atoms with Gasteiger partial charge in [0.25, 0.3) is 0 Å². The van der Waals surface area contributed by atoms with Crippen molar-refractivity contribution in [1.29, 1.82) is 0 Å². The zero-order valence-electron chi connectivity index (χ0n) is 21.0. The molecule has 184 valence electrons. The lowest BCUT2D eigenvalue weighted by Gasteiger charge is -2.31. The summed E-state index contributed by atoms with van der Waals surface area (Å²) in [6.07, 6.45) is 8.26. The molecule has 0 aliphatic heterocycles. The van der Waals surface area contributed by atoms with Crippen LogP contribution in [-0.2, 0) is 16.4 Å². The molecule has 1 fully saturated rings. The van der Waals surface area contributed by atoms with Gasteiger partial charge < -0.3 is 0 Å². The van der Waals surface area contributed by atoms with Crippen LogP contribution in [0.25, 0.3) is 0 Å². The molecular weight excluding hydrogens is 446 g/mol. The van der Waals surface area contributed by atoms with Gasteiger partial charge in [-0.15, -0.1) is 0 Å². The predicted octanol–water partition coefficient (Wildman–Crippen LogP) is 5.01. The second-order valence-electron chi connectivity index (χ2n) is 8.12. The van der Waals surface area contributed by atoms with Crippen molar-refractivity contribution in [3.8, 4) is 11.8 Å². The van der Waals surface area contributed by atoms with Crippen LogP contribution in [0.3, 0.4) is 0 Å². The van der Waals surface area contributed by atoms with E-state index in [1.165, 1.54) is 16.1 Å². The summed E-state index contributed by atoms with van der Waals surface area (Å²) in [7, 11) is -1.51. The molecule has 1 aromatic carbocycles. The molecule has 0 N–H and O–H groups in total. The maximum atomic E-state index is 11.8. The molecule has 1 aromatic heterocycles. The summed E-state index contributed by atoms with van der Waals surface area (Å²) in [5.74, 6) is 7.67. The summed E-state index contributed by atoms with van der Waals surface area (Å²) >= 11 is 0. The molecule has 2 aromatic rings. The van der Waals surface area contributed by atoms with Crippen molar-refractivity contribution in [3.05, 3.63) is 47.9 Å². The van der Waals surface area contributed by atoms with Crippen LogP contribution < -0.4 is 5.01 Å². The van der Waals surface area contributed by atoms with E-state index in [0.29, 0.717) is 11.6 Å². The molecule has 7 nitrogen and oxygen atoms in total. The standard InChI is InChI=1S/C24H31N5O2S.C2H6/c1-5-8-20-9-6-7-10-22(20)29(25-2)24-17-18-26-23(27-24)16-13-19-11-14-21(15-12-19)28(3)32(4,30)31;1-2/h6-7,9-10,17-19,21H,2,5,8,11-12,14-15H2,1,3-4H3;1-2H3. The number of hydrogen-bond acceptors (Lipinski definition) is 6. The lowest BCUT2D eigenvalue weighted by molar-refractivity contribution is 0.263. The minimum absolute atomic E-state index is 0.0537. The number of nitrogens with zero attached hydrogens (tertiary/aromatic N) is 5. The zero-order chi connectivity index (χ0) is 25.1. The van der Waals surface area contributed by atoms with Gasteiger partial charge in [-0.1, -0.05) is 51.3 Å². The Balaban J connectivity index is 0.00000199. The number of aromatic nitrogens is 2. The smallest absolute Gasteiger partial charge is 0.211 e. The Morgan fingerprint density at radius 1 is 1.15 bits per heavy atom. The van der Waals surface area contributed by atoms with E-state index in [2.05, 4.69) is 46.6 Å². The van der Waals surface area contributed by atoms with E-state index in [4.69, 9.17) is 0 Å². The Morgan fingerprint density at radius 2 is 1.82 bits per heavy atom. The first kappa shape index (κ1) is 27.5. The maximum Gasteiger partial charge on any atom is 0.211 e. The molecule has 34 heavy (non-hydrogen) atoms. The van der Waals surface area contributed by atoms with E-state index in [9.17, 15) is 8.42 Å². The first-order valence-corrected chi connectivity index (χ1v) is 13.8. The largest absolute Gasteiger partial charge is 0.229 e. The second kappa shape index (κ2) is 13.2. The van der Waals surface area contributed by atoms with Gasteiger partial charge in [0.15, 0.2) is 5.82 Å². The number of hydrogen-bond donors (Lipinski definition) is 0. The first-order valence-electron chi connectivity index (χ1n) is 12.0. The molecule has 1 aliphatic rings. The molecule has 0 atom stereocenters. The fraction of sp³-hybridized carbons (Fsp3) is 0.500. The van der Waals surface area contributed by atoms with Crippen LogP contribution in [-0.4, -0.2) is 48.8 Å². The fourth-order valence-electron chi connectivity index (χ4n) is 4.02. The van der Waals surface area contributed by atoms with Crippen LogP contribution in [0.5, 0.6) is 0 Å². The highest BCUT2D eigenvalue weighted by atomic mass is 32.2. The molecule has 0 spiro atoms. The summed E-state index contributed by atoms with van der Waals surface area (Å²) in [5.41, 5.74) is 2.14. The number of benzene rings is 1. The van der Waals surface area contributed by atoms with E-state index in [-0.39, 0.29) is 12.0 Å². The molecule has 0 saturated heterocycles. The third-order valence-electron chi connectivity index (χ3n) is 5.86. The topological polar surface area (TPSA) is 78.8 Å². The summed E-state index contributed by atoms with van der Waals surface area (Å²) in [6, 6.07) is 9.96. The van der Waals surface area contributed by atoms with Gasteiger partial charge in [-0.25, -0.2) is 27.7 Å². The van der Waals surface area contributed by atoms with Gasteiger partial charge in [-0.05, 0) is 49.7 Å². The molecule has 8 heteroatoms. The predicted molar refractivity (Wildman–Crippen MR) is 141 cm³/mol. The van der Waals surface area contributed by atoms with Crippen molar-refractivity contribution in [1.82, 2.24) is 14.3 Å². The van der Waals surface area contributed by atoms with Crippen LogP contribution in [0.15, 0.2) is 41.6 Å². The SMILES string of the molecule is C=NN(c1ccnc(C#CC2CCC(N(C)S(C)(=O)=O)CC2)n1)c1ccccc1CCC.CC. The second-order valence-corrected chi connectivity index (χ2v) is 10.2. The summed E-state index contributed by atoms with van der Waals surface area (Å²) in [5, 5.41) is 5.92. The third-order valence-corrected chi connectivity index (χ3v) is 7.20. The quantitative estimate of drug-likeness (QED) is 0.314. The Hall–Kier alpha value is -2.76. The molecule has 3 rings (SSSR count). The van der Waals surface area contributed by atoms with E-state index >= 15 is 0 Å². The van der Waals surface area contributed by atoms with Crippen molar-refractivity contribution < 1.29 is 8.42 Å². The normalized spacial score (nSPS) is 17.7. The Bertz CT molecular complexity index is 1100. The first-order chi connectivity index (χ1) is 16.3. The van der Waals surface area contributed by atoms with Gasteiger partial charge >= 0.3 is 0 Å². The van der Waals surface area contributed by atoms with Crippen molar-refractivity contribution in [2.24, 2.45) is 11.0 Å². The van der Waals surface area contributed by atoms with Gasteiger partial charge in [-0.3, -0.25) is 0 Å². The number of sulfonamides is 1. The van der Waals surface area contributed by atoms with Crippen molar-refractivity contribution >= 4 is 28.2 Å². The van der Waals surface area contributed by atoms with Crippen LogP contribution in [0.2, 0.25) is 0 Å². The van der Waals surface area contributed by atoms with Crippen molar-refractivity contribution in [2.75, 3.05) is 18.3 Å². The average Bonchev–Trinajstić information content (AvgIpc) is 2.85. The number of para-hydroxylation sites is 1. The molecule has 1 heterocycles. The number of rotatable bonds is 7. The van der Waals surface area contributed by atoms with E-state index in [1.54, 1.807) is 24.3 Å². The van der Waals surface area contributed by atoms with Crippen molar-refractivity contribution in [2.45, 2.75) is 65.3 Å². The maximum absolute atomic E-state index is 11.8. The molecule has 0 unspecified atom stereocenters.